The molecule has 0 spiro atoms. The molecule has 1 heterocycles. The molecule has 3 aromatic rings. The van der Waals surface area contributed by atoms with Crippen molar-refractivity contribution in [3.8, 4) is 11.5 Å². The topological polar surface area (TPSA) is 56.1 Å². The van der Waals surface area contributed by atoms with Crippen molar-refractivity contribution in [2.24, 2.45) is 0 Å². The van der Waals surface area contributed by atoms with Gasteiger partial charge < -0.3 is 10.1 Å². The third-order valence-electron chi connectivity index (χ3n) is 2.92. The van der Waals surface area contributed by atoms with Crippen LogP contribution in [0.3, 0.4) is 0 Å². The zero-order valence-corrected chi connectivity index (χ0v) is 11.7. The molecule has 0 unspecified atom stereocenters. The van der Waals surface area contributed by atoms with Gasteiger partial charge in [-0.05, 0) is 30.3 Å². The smallest absolute Gasteiger partial charge is 0.346 e. The summed E-state index contributed by atoms with van der Waals surface area (Å²) in [6.07, 6.45) is 2.99. The number of hydrogen-bond donors (Lipinski definition) is 1. The standard InChI is InChI=1S/C16H11F2N3O2/c17-11-5-6-15(14(18)9-11)23-13-4-1-3-12(10-13)20-16(22)21-8-2-7-19-21/h1-10H,(H,20,22). The third kappa shape index (κ3) is 3.52. The number of anilines is 1. The number of ether oxygens (including phenoxy) is 1. The molecule has 0 saturated carbocycles. The van der Waals surface area contributed by atoms with Crippen LogP contribution in [0.15, 0.2) is 60.9 Å². The minimum absolute atomic E-state index is 0.109. The van der Waals surface area contributed by atoms with Crippen LogP contribution in [0.4, 0.5) is 19.3 Å². The highest BCUT2D eigenvalue weighted by molar-refractivity contribution is 5.90. The van der Waals surface area contributed by atoms with Gasteiger partial charge in [-0.1, -0.05) is 6.07 Å². The Balaban J connectivity index is 1.76. The van der Waals surface area contributed by atoms with E-state index in [1.807, 2.05) is 0 Å². The summed E-state index contributed by atoms with van der Waals surface area (Å²) in [5, 5.41) is 6.43. The fourth-order valence-corrected chi connectivity index (χ4v) is 1.89. The number of carbonyl (C=O) groups excluding carboxylic acids is 1. The number of halogens is 2. The summed E-state index contributed by atoms with van der Waals surface area (Å²) >= 11 is 0. The highest BCUT2D eigenvalue weighted by atomic mass is 19.1. The Labute approximate surface area is 130 Å². The summed E-state index contributed by atoms with van der Waals surface area (Å²) in [5.41, 5.74) is 0.450. The second-order valence-corrected chi connectivity index (χ2v) is 4.59. The highest BCUT2D eigenvalue weighted by Gasteiger charge is 2.08. The van der Waals surface area contributed by atoms with Gasteiger partial charge in [-0.15, -0.1) is 0 Å². The summed E-state index contributed by atoms with van der Waals surface area (Å²) in [6, 6.07) is 10.6. The van der Waals surface area contributed by atoms with Crippen LogP contribution in [0, 0.1) is 11.6 Å². The number of nitrogens with one attached hydrogen (secondary N) is 1. The zero-order valence-electron chi connectivity index (χ0n) is 11.7. The molecule has 23 heavy (non-hydrogen) atoms. The molecule has 2 aromatic carbocycles. The van der Waals surface area contributed by atoms with Crippen molar-refractivity contribution >= 4 is 11.7 Å². The van der Waals surface area contributed by atoms with Gasteiger partial charge in [0.1, 0.15) is 11.6 Å². The Kier molecular flexibility index (Phi) is 4.01. The van der Waals surface area contributed by atoms with Gasteiger partial charge in [-0.25, -0.2) is 13.6 Å². The molecular weight excluding hydrogens is 304 g/mol. The molecule has 5 nitrogen and oxygen atoms in total. The van der Waals surface area contributed by atoms with Gasteiger partial charge in [-0.3, -0.25) is 0 Å². The van der Waals surface area contributed by atoms with E-state index in [0.717, 1.165) is 16.8 Å². The van der Waals surface area contributed by atoms with E-state index in [2.05, 4.69) is 10.4 Å². The Morgan fingerprint density at radius 1 is 1.13 bits per heavy atom. The van der Waals surface area contributed by atoms with Gasteiger partial charge in [0, 0.05) is 30.2 Å². The average Bonchev–Trinajstić information content (AvgIpc) is 3.05. The third-order valence-corrected chi connectivity index (χ3v) is 2.92. The van der Waals surface area contributed by atoms with Crippen molar-refractivity contribution in [1.82, 2.24) is 9.78 Å². The summed E-state index contributed by atoms with van der Waals surface area (Å²) in [6.45, 7) is 0. The first-order valence-corrected chi connectivity index (χ1v) is 6.66. The predicted octanol–water partition coefficient (Wildman–Crippen LogP) is 4.03. The molecule has 0 saturated heterocycles. The van der Waals surface area contributed by atoms with Gasteiger partial charge >= 0.3 is 6.03 Å². The predicted molar refractivity (Wildman–Crippen MR) is 79.5 cm³/mol. The number of amides is 1. The Morgan fingerprint density at radius 2 is 2.00 bits per heavy atom. The van der Waals surface area contributed by atoms with E-state index in [4.69, 9.17) is 4.74 Å². The van der Waals surface area contributed by atoms with Crippen LogP contribution in [0.25, 0.3) is 0 Å². The Bertz CT molecular complexity index is 835. The number of nitrogens with zero attached hydrogens (tertiary/aromatic N) is 2. The Hall–Kier alpha value is -3.22. The van der Waals surface area contributed by atoms with Crippen LogP contribution in [0.5, 0.6) is 11.5 Å². The molecule has 1 aromatic heterocycles. The fourth-order valence-electron chi connectivity index (χ4n) is 1.89. The minimum Gasteiger partial charge on any atom is -0.454 e. The lowest BCUT2D eigenvalue weighted by Crippen LogP contribution is -2.19. The minimum atomic E-state index is -0.809. The van der Waals surface area contributed by atoms with Crippen LogP contribution < -0.4 is 10.1 Å². The van der Waals surface area contributed by atoms with Gasteiger partial charge in [0.15, 0.2) is 11.6 Å². The summed E-state index contributed by atoms with van der Waals surface area (Å²) in [5.74, 6) is -1.30. The lowest BCUT2D eigenvalue weighted by Gasteiger charge is -2.09. The van der Waals surface area contributed by atoms with Gasteiger partial charge in [0.2, 0.25) is 0 Å². The molecule has 0 radical (unpaired) electrons. The van der Waals surface area contributed by atoms with Crippen molar-refractivity contribution in [2.75, 3.05) is 5.32 Å². The molecule has 7 heteroatoms. The van der Waals surface area contributed by atoms with Crippen molar-refractivity contribution in [2.45, 2.75) is 0 Å². The summed E-state index contributed by atoms with van der Waals surface area (Å²) < 4.78 is 33.0. The molecule has 0 atom stereocenters. The second-order valence-electron chi connectivity index (χ2n) is 4.59. The first-order valence-electron chi connectivity index (χ1n) is 6.66. The number of carbonyl (C=O) groups is 1. The van der Waals surface area contributed by atoms with Crippen molar-refractivity contribution in [3.05, 3.63) is 72.6 Å². The number of rotatable bonds is 3. The lowest BCUT2D eigenvalue weighted by molar-refractivity contribution is 0.251. The summed E-state index contributed by atoms with van der Waals surface area (Å²) in [4.78, 5) is 11.9. The molecule has 0 aliphatic carbocycles. The van der Waals surface area contributed by atoms with Crippen LogP contribution in [-0.2, 0) is 0 Å². The maximum Gasteiger partial charge on any atom is 0.346 e. The van der Waals surface area contributed by atoms with E-state index >= 15 is 0 Å². The quantitative estimate of drug-likeness (QED) is 0.794. The number of aromatic nitrogens is 2. The van der Waals surface area contributed by atoms with Crippen molar-refractivity contribution < 1.29 is 18.3 Å². The molecule has 0 bridgehead atoms. The highest BCUT2D eigenvalue weighted by Crippen LogP contribution is 2.26. The normalized spacial score (nSPS) is 10.3. The molecule has 116 valence electrons. The van der Waals surface area contributed by atoms with Crippen molar-refractivity contribution in [3.63, 3.8) is 0 Å². The van der Waals surface area contributed by atoms with E-state index in [0.29, 0.717) is 11.4 Å². The Morgan fingerprint density at radius 3 is 2.74 bits per heavy atom. The first kappa shape index (κ1) is 14.7. The number of hydrogen-bond acceptors (Lipinski definition) is 3. The molecule has 0 fully saturated rings. The van der Waals surface area contributed by atoms with Gasteiger partial charge in [0.05, 0.1) is 0 Å². The van der Waals surface area contributed by atoms with Gasteiger partial charge in [-0.2, -0.15) is 9.78 Å². The molecule has 0 aliphatic rings. The average molecular weight is 315 g/mol. The van der Waals surface area contributed by atoms with Gasteiger partial charge in [0.25, 0.3) is 0 Å². The SMILES string of the molecule is O=C(Nc1cccc(Oc2ccc(F)cc2F)c1)n1cccn1. The van der Waals surface area contributed by atoms with Crippen LogP contribution in [0.2, 0.25) is 0 Å². The van der Waals surface area contributed by atoms with Crippen LogP contribution >= 0.6 is 0 Å². The molecule has 1 amide bonds. The molecule has 3 rings (SSSR count). The maximum absolute atomic E-state index is 13.6. The number of benzene rings is 2. The fraction of sp³-hybridized carbons (Fsp3) is 0. The molecule has 0 aliphatic heterocycles. The van der Waals surface area contributed by atoms with Crippen molar-refractivity contribution in [1.29, 1.82) is 0 Å². The first-order chi connectivity index (χ1) is 11.1. The van der Waals surface area contributed by atoms with Crippen LogP contribution in [-0.4, -0.2) is 15.8 Å². The van der Waals surface area contributed by atoms with E-state index < -0.39 is 17.7 Å². The van der Waals surface area contributed by atoms with E-state index in [1.54, 1.807) is 24.3 Å². The maximum atomic E-state index is 13.6. The lowest BCUT2D eigenvalue weighted by atomic mass is 10.3. The molecular formula is C16H11F2N3O2. The van der Waals surface area contributed by atoms with E-state index in [1.165, 1.54) is 24.5 Å². The summed E-state index contributed by atoms with van der Waals surface area (Å²) in [7, 11) is 0. The monoisotopic (exact) mass is 315 g/mol. The second kappa shape index (κ2) is 6.27. The zero-order chi connectivity index (χ0) is 16.2. The van der Waals surface area contributed by atoms with E-state index in [-0.39, 0.29) is 5.75 Å². The molecule has 1 N–H and O–H groups in total. The largest absolute Gasteiger partial charge is 0.454 e. The van der Waals surface area contributed by atoms with Crippen LogP contribution in [0.1, 0.15) is 0 Å². The van der Waals surface area contributed by atoms with E-state index in [9.17, 15) is 13.6 Å².